The lowest BCUT2D eigenvalue weighted by Gasteiger charge is -2.35. The van der Waals surface area contributed by atoms with Gasteiger partial charge < -0.3 is 9.73 Å². The van der Waals surface area contributed by atoms with Gasteiger partial charge >= 0.3 is 0 Å². The number of amides is 1. The Balaban J connectivity index is 2.00. The highest BCUT2D eigenvalue weighted by atomic mass is 16.3. The second kappa shape index (κ2) is 6.12. The second-order valence-electron chi connectivity index (χ2n) is 8.22. The molecule has 27 heavy (non-hydrogen) atoms. The Labute approximate surface area is 159 Å². The molecule has 1 aliphatic carbocycles. The number of aryl methyl sites for hydroxylation is 1. The summed E-state index contributed by atoms with van der Waals surface area (Å²) in [5.74, 6) is 1.30. The molecule has 5 nitrogen and oxygen atoms in total. The van der Waals surface area contributed by atoms with Crippen LogP contribution in [0.2, 0.25) is 0 Å². The van der Waals surface area contributed by atoms with Crippen LogP contribution in [0.5, 0.6) is 0 Å². The number of furan rings is 1. The monoisotopic (exact) mass is 364 g/mol. The van der Waals surface area contributed by atoms with Crippen LogP contribution in [0.15, 0.2) is 52.1 Å². The van der Waals surface area contributed by atoms with Gasteiger partial charge in [-0.05, 0) is 43.0 Å². The Morgan fingerprint density at radius 3 is 2.59 bits per heavy atom. The molecule has 0 radical (unpaired) electrons. The molecule has 1 amide bonds. The summed E-state index contributed by atoms with van der Waals surface area (Å²) >= 11 is 0. The summed E-state index contributed by atoms with van der Waals surface area (Å²) in [5, 5.41) is 3.46. The van der Waals surface area contributed by atoms with E-state index in [1.54, 1.807) is 4.90 Å². The molecule has 4 rings (SSSR count). The van der Waals surface area contributed by atoms with Crippen molar-refractivity contribution in [3.05, 3.63) is 59.2 Å². The van der Waals surface area contributed by atoms with Crippen LogP contribution in [0.3, 0.4) is 0 Å². The molecule has 0 fully saturated rings. The number of benzene rings is 1. The highest BCUT2D eigenvalue weighted by Gasteiger charge is 2.43. The van der Waals surface area contributed by atoms with Crippen LogP contribution >= 0.6 is 0 Å². The van der Waals surface area contributed by atoms with Crippen LogP contribution < -0.4 is 10.2 Å². The summed E-state index contributed by atoms with van der Waals surface area (Å²) in [5.41, 5.74) is 2.97. The maximum absolute atomic E-state index is 13.2. The van der Waals surface area contributed by atoms with Crippen molar-refractivity contribution in [3.8, 4) is 0 Å². The van der Waals surface area contributed by atoms with Crippen molar-refractivity contribution in [2.45, 2.75) is 46.6 Å². The zero-order valence-corrected chi connectivity index (χ0v) is 16.1. The third-order valence-electron chi connectivity index (χ3n) is 5.27. The molecule has 5 heteroatoms. The quantitative estimate of drug-likeness (QED) is 0.793. The number of carbonyl (C=O) groups is 2. The molecular weight excluding hydrogens is 340 g/mol. The minimum Gasteiger partial charge on any atom is -0.464 e. The predicted octanol–water partition coefficient (Wildman–Crippen LogP) is 4.75. The number of hydrogen-bond acceptors (Lipinski definition) is 4. The van der Waals surface area contributed by atoms with Crippen molar-refractivity contribution < 1.29 is 14.0 Å². The van der Waals surface area contributed by atoms with Crippen LogP contribution in [0.1, 0.15) is 51.2 Å². The largest absolute Gasteiger partial charge is 0.464 e. The molecular formula is C22H24N2O3. The molecule has 2 aliphatic rings. The van der Waals surface area contributed by atoms with Gasteiger partial charge in [-0.3, -0.25) is 14.5 Å². The van der Waals surface area contributed by atoms with Gasteiger partial charge in [0.2, 0.25) is 5.91 Å². The molecule has 0 saturated heterocycles. The summed E-state index contributed by atoms with van der Waals surface area (Å²) in [6.45, 7) is 7.60. The number of carbonyl (C=O) groups excluding carboxylic acids is 2. The number of ketones is 1. The third-order valence-corrected chi connectivity index (χ3v) is 5.27. The van der Waals surface area contributed by atoms with Crippen molar-refractivity contribution in [2.75, 3.05) is 10.2 Å². The first-order valence-corrected chi connectivity index (χ1v) is 9.25. The van der Waals surface area contributed by atoms with Gasteiger partial charge in [0.25, 0.3) is 0 Å². The van der Waals surface area contributed by atoms with Crippen molar-refractivity contribution in [1.82, 2.24) is 0 Å². The fraction of sp³-hybridized carbons (Fsp3) is 0.364. The van der Waals surface area contributed by atoms with Gasteiger partial charge in [-0.15, -0.1) is 0 Å². The summed E-state index contributed by atoms with van der Waals surface area (Å²) < 4.78 is 5.92. The van der Waals surface area contributed by atoms with E-state index in [0.29, 0.717) is 17.8 Å². The second-order valence-corrected chi connectivity index (χ2v) is 8.22. The number of rotatable bonds is 1. The van der Waals surface area contributed by atoms with E-state index in [2.05, 4.69) is 19.2 Å². The summed E-state index contributed by atoms with van der Waals surface area (Å²) in [6.07, 6.45) is 1.19. The number of nitrogens with zero attached hydrogens (tertiary/aromatic N) is 1. The van der Waals surface area contributed by atoms with Crippen molar-refractivity contribution in [1.29, 1.82) is 0 Å². The molecule has 1 aliphatic heterocycles. The maximum Gasteiger partial charge on any atom is 0.224 e. The number of anilines is 2. The summed E-state index contributed by atoms with van der Waals surface area (Å²) in [6, 6.07) is 10.8. The highest BCUT2D eigenvalue weighted by Crippen LogP contribution is 2.48. The zero-order valence-electron chi connectivity index (χ0n) is 16.1. The van der Waals surface area contributed by atoms with Crippen molar-refractivity contribution in [3.63, 3.8) is 0 Å². The van der Waals surface area contributed by atoms with Crippen LogP contribution in [-0.2, 0) is 9.59 Å². The van der Waals surface area contributed by atoms with Crippen LogP contribution in [-0.4, -0.2) is 11.7 Å². The molecule has 1 aromatic carbocycles. The highest BCUT2D eigenvalue weighted by molar-refractivity contribution is 6.05. The van der Waals surface area contributed by atoms with E-state index in [1.165, 1.54) is 6.92 Å². The van der Waals surface area contributed by atoms with E-state index in [4.69, 9.17) is 4.42 Å². The van der Waals surface area contributed by atoms with Gasteiger partial charge in [0.1, 0.15) is 17.6 Å². The Kier molecular flexibility index (Phi) is 3.98. The van der Waals surface area contributed by atoms with Gasteiger partial charge in [0.05, 0.1) is 11.4 Å². The number of nitrogens with one attached hydrogen (secondary N) is 1. The average Bonchev–Trinajstić information content (AvgIpc) is 2.93. The Morgan fingerprint density at radius 2 is 1.93 bits per heavy atom. The van der Waals surface area contributed by atoms with Crippen LogP contribution in [0, 0.1) is 12.3 Å². The minimum absolute atomic E-state index is 0.0619. The van der Waals surface area contributed by atoms with E-state index >= 15 is 0 Å². The molecule has 1 aromatic heterocycles. The van der Waals surface area contributed by atoms with Gasteiger partial charge in [-0.1, -0.05) is 26.0 Å². The Morgan fingerprint density at radius 1 is 1.19 bits per heavy atom. The molecule has 1 atom stereocenters. The number of allylic oxidation sites excluding steroid dienone is 1. The molecule has 0 saturated carbocycles. The molecule has 0 unspecified atom stereocenters. The maximum atomic E-state index is 13.2. The van der Waals surface area contributed by atoms with Gasteiger partial charge in [-0.25, -0.2) is 0 Å². The Hall–Kier alpha value is -2.82. The average molecular weight is 364 g/mol. The number of fused-ring (bicyclic) bond motifs is 1. The standard InChI is InChI=1S/C22H24N2O3/c1-13-9-10-19(27-13)21-20-16(11-22(3,4)12-18(20)26)23-15-7-5-6-8-17(15)24(21)14(2)25/h5-10,21,23H,11-12H2,1-4H3/t21-/m1/s1. The molecule has 2 heterocycles. The zero-order chi connectivity index (χ0) is 19.3. The molecule has 140 valence electrons. The van der Waals surface area contributed by atoms with Crippen LogP contribution in [0.25, 0.3) is 0 Å². The predicted molar refractivity (Wildman–Crippen MR) is 104 cm³/mol. The SMILES string of the molecule is CC(=O)N1c2ccccc2NC2=C(C(=O)CC(C)(C)C2)[C@H]1c1ccc(C)o1. The summed E-state index contributed by atoms with van der Waals surface area (Å²) in [7, 11) is 0. The first-order valence-electron chi connectivity index (χ1n) is 9.25. The minimum atomic E-state index is -0.564. The Bertz CT molecular complexity index is 967. The van der Waals surface area contributed by atoms with Crippen LogP contribution in [0.4, 0.5) is 11.4 Å². The first-order chi connectivity index (χ1) is 12.8. The molecule has 2 aromatic rings. The van der Waals surface area contributed by atoms with E-state index < -0.39 is 6.04 Å². The van der Waals surface area contributed by atoms with Gasteiger partial charge in [0.15, 0.2) is 5.78 Å². The van der Waals surface area contributed by atoms with Gasteiger partial charge in [-0.2, -0.15) is 0 Å². The molecule has 1 N–H and O–H groups in total. The van der Waals surface area contributed by atoms with Crippen molar-refractivity contribution in [2.24, 2.45) is 5.41 Å². The number of hydrogen-bond donors (Lipinski definition) is 1. The number of Topliss-reactive ketones (excluding diaryl/α,β-unsaturated/α-hetero) is 1. The lowest BCUT2D eigenvalue weighted by Crippen LogP contribution is -2.38. The normalized spacial score (nSPS) is 21.3. The summed E-state index contributed by atoms with van der Waals surface area (Å²) in [4.78, 5) is 27.6. The molecule has 0 spiro atoms. The lowest BCUT2D eigenvalue weighted by atomic mass is 9.74. The fourth-order valence-corrected chi connectivity index (χ4v) is 4.20. The molecule has 0 bridgehead atoms. The fourth-order valence-electron chi connectivity index (χ4n) is 4.20. The smallest absolute Gasteiger partial charge is 0.224 e. The van der Waals surface area contributed by atoms with Crippen molar-refractivity contribution >= 4 is 23.1 Å². The van der Waals surface area contributed by atoms with E-state index in [9.17, 15) is 9.59 Å². The topological polar surface area (TPSA) is 62.6 Å². The van der Waals surface area contributed by atoms with E-state index in [1.807, 2.05) is 43.3 Å². The first kappa shape index (κ1) is 17.6. The van der Waals surface area contributed by atoms with Gasteiger partial charge in [0, 0.05) is 24.6 Å². The lowest BCUT2D eigenvalue weighted by molar-refractivity contribution is -0.118. The third kappa shape index (κ3) is 2.97. The van der Waals surface area contributed by atoms with E-state index in [-0.39, 0.29) is 17.1 Å². The van der Waals surface area contributed by atoms with E-state index in [0.717, 1.165) is 29.3 Å². The number of para-hydroxylation sites is 2.